The molecule has 1 aliphatic carbocycles. The van der Waals surface area contributed by atoms with Crippen LogP contribution in [-0.2, 0) is 11.2 Å². The Morgan fingerprint density at radius 1 is 1.26 bits per heavy atom. The highest BCUT2D eigenvalue weighted by Crippen LogP contribution is 2.18. The van der Waals surface area contributed by atoms with Crippen molar-refractivity contribution in [2.45, 2.75) is 44.2 Å². The molecule has 104 valence electrons. The smallest absolute Gasteiger partial charge is 0.224 e. The van der Waals surface area contributed by atoms with Crippen LogP contribution < -0.4 is 10.6 Å². The standard InChI is InChI=1S/C15H21ClN2O/c1-17-13-5-7-14(8-6-13)18-15(19)10-11-3-2-4-12(16)9-11/h2-4,9,13-14,17H,5-8,10H2,1H3,(H,18,19). The average molecular weight is 281 g/mol. The number of hydrogen-bond donors (Lipinski definition) is 2. The average Bonchev–Trinajstić information content (AvgIpc) is 2.39. The number of rotatable bonds is 4. The first-order valence-corrected chi connectivity index (χ1v) is 7.26. The summed E-state index contributed by atoms with van der Waals surface area (Å²) in [7, 11) is 2.00. The van der Waals surface area contributed by atoms with Gasteiger partial charge < -0.3 is 10.6 Å². The summed E-state index contributed by atoms with van der Waals surface area (Å²) >= 11 is 5.91. The molecule has 0 unspecified atom stereocenters. The Morgan fingerprint density at radius 2 is 1.95 bits per heavy atom. The molecule has 0 heterocycles. The summed E-state index contributed by atoms with van der Waals surface area (Å²) < 4.78 is 0. The second-order valence-corrected chi connectivity index (χ2v) is 5.65. The second kappa shape index (κ2) is 6.92. The van der Waals surface area contributed by atoms with Gasteiger partial charge in [-0.25, -0.2) is 0 Å². The monoisotopic (exact) mass is 280 g/mol. The number of halogens is 1. The van der Waals surface area contributed by atoms with Crippen LogP contribution in [0.25, 0.3) is 0 Å². The molecule has 3 nitrogen and oxygen atoms in total. The zero-order valence-corrected chi connectivity index (χ0v) is 12.0. The third-order valence-electron chi connectivity index (χ3n) is 3.75. The Bertz CT molecular complexity index is 428. The minimum Gasteiger partial charge on any atom is -0.353 e. The van der Waals surface area contributed by atoms with Gasteiger partial charge in [0.1, 0.15) is 0 Å². The highest BCUT2D eigenvalue weighted by molar-refractivity contribution is 6.30. The molecular weight excluding hydrogens is 260 g/mol. The molecule has 0 aliphatic heterocycles. The van der Waals surface area contributed by atoms with E-state index in [1.54, 1.807) is 0 Å². The van der Waals surface area contributed by atoms with Crippen molar-refractivity contribution in [3.63, 3.8) is 0 Å². The summed E-state index contributed by atoms with van der Waals surface area (Å²) in [6, 6.07) is 8.42. The van der Waals surface area contributed by atoms with Gasteiger partial charge in [0.05, 0.1) is 6.42 Å². The van der Waals surface area contributed by atoms with Gasteiger partial charge in [0, 0.05) is 17.1 Å². The van der Waals surface area contributed by atoms with Gasteiger partial charge in [0.2, 0.25) is 5.91 Å². The fourth-order valence-corrected chi connectivity index (χ4v) is 2.85. The topological polar surface area (TPSA) is 41.1 Å². The fourth-order valence-electron chi connectivity index (χ4n) is 2.64. The Labute approximate surface area is 119 Å². The van der Waals surface area contributed by atoms with E-state index in [4.69, 9.17) is 11.6 Å². The van der Waals surface area contributed by atoms with E-state index in [1.807, 2.05) is 31.3 Å². The maximum atomic E-state index is 12.0. The normalized spacial score (nSPS) is 23.1. The van der Waals surface area contributed by atoms with E-state index in [0.29, 0.717) is 23.5 Å². The van der Waals surface area contributed by atoms with Gasteiger partial charge in [-0.15, -0.1) is 0 Å². The van der Waals surface area contributed by atoms with Gasteiger partial charge >= 0.3 is 0 Å². The molecule has 0 aromatic heterocycles. The molecule has 2 N–H and O–H groups in total. The molecule has 0 atom stereocenters. The van der Waals surface area contributed by atoms with Crippen LogP contribution >= 0.6 is 11.6 Å². The highest BCUT2D eigenvalue weighted by Gasteiger charge is 2.21. The minimum absolute atomic E-state index is 0.0928. The van der Waals surface area contributed by atoms with Crippen LogP contribution in [0, 0.1) is 0 Å². The van der Waals surface area contributed by atoms with Crippen LogP contribution in [0.15, 0.2) is 24.3 Å². The fraction of sp³-hybridized carbons (Fsp3) is 0.533. The zero-order chi connectivity index (χ0) is 13.7. The van der Waals surface area contributed by atoms with E-state index in [9.17, 15) is 4.79 Å². The Kier molecular flexibility index (Phi) is 5.23. The molecule has 1 aliphatic rings. The predicted octanol–water partition coefficient (Wildman–Crippen LogP) is 2.53. The van der Waals surface area contributed by atoms with Gasteiger partial charge in [-0.1, -0.05) is 23.7 Å². The summed E-state index contributed by atoms with van der Waals surface area (Å²) in [6.07, 6.45) is 4.81. The van der Waals surface area contributed by atoms with Crippen molar-refractivity contribution in [2.75, 3.05) is 7.05 Å². The maximum Gasteiger partial charge on any atom is 0.224 e. The maximum absolute atomic E-state index is 12.0. The minimum atomic E-state index is 0.0928. The number of carbonyl (C=O) groups excluding carboxylic acids is 1. The molecule has 0 saturated heterocycles. The molecule has 0 bridgehead atoms. The summed E-state index contributed by atoms with van der Waals surface area (Å²) in [5.41, 5.74) is 0.967. The van der Waals surface area contributed by atoms with Crippen LogP contribution in [0.1, 0.15) is 31.2 Å². The van der Waals surface area contributed by atoms with Gasteiger partial charge in [-0.2, -0.15) is 0 Å². The van der Waals surface area contributed by atoms with E-state index < -0.39 is 0 Å². The summed E-state index contributed by atoms with van der Waals surface area (Å²) in [6.45, 7) is 0. The first-order chi connectivity index (χ1) is 9.17. The Balaban J connectivity index is 1.79. The lowest BCUT2D eigenvalue weighted by Crippen LogP contribution is -2.41. The number of hydrogen-bond acceptors (Lipinski definition) is 2. The molecule has 4 heteroatoms. The van der Waals surface area contributed by atoms with E-state index in [0.717, 1.165) is 31.2 Å². The molecule has 0 spiro atoms. The summed E-state index contributed by atoms with van der Waals surface area (Å²) in [4.78, 5) is 12.0. The lowest BCUT2D eigenvalue weighted by Gasteiger charge is -2.28. The lowest BCUT2D eigenvalue weighted by molar-refractivity contribution is -0.121. The second-order valence-electron chi connectivity index (χ2n) is 5.21. The number of amides is 1. The molecule has 1 fully saturated rings. The summed E-state index contributed by atoms with van der Waals surface area (Å²) in [5, 5.41) is 7.10. The van der Waals surface area contributed by atoms with Crippen LogP contribution in [-0.4, -0.2) is 25.0 Å². The van der Waals surface area contributed by atoms with Crippen molar-refractivity contribution in [2.24, 2.45) is 0 Å². The van der Waals surface area contributed by atoms with Crippen molar-refractivity contribution in [3.8, 4) is 0 Å². The molecule has 2 rings (SSSR count). The van der Waals surface area contributed by atoms with Gasteiger partial charge in [-0.3, -0.25) is 4.79 Å². The molecule has 1 amide bonds. The quantitative estimate of drug-likeness (QED) is 0.890. The van der Waals surface area contributed by atoms with Crippen molar-refractivity contribution in [1.82, 2.24) is 10.6 Å². The van der Waals surface area contributed by atoms with Crippen molar-refractivity contribution in [3.05, 3.63) is 34.9 Å². The van der Waals surface area contributed by atoms with E-state index >= 15 is 0 Å². The molecule has 0 radical (unpaired) electrons. The van der Waals surface area contributed by atoms with Gasteiger partial charge in [0.15, 0.2) is 0 Å². The largest absolute Gasteiger partial charge is 0.353 e. The highest BCUT2D eigenvalue weighted by atomic mass is 35.5. The molecule has 1 saturated carbocycles. The number of benzene rings is 1. The van der Waals surface area contributed by atoms with Crippen LogP contribution in [0.2, 0.25) is 5.02 Å². The van der Waals surface area contributed by atoms with Gasteiger partial charge in [0.25, 0.3) is 0 Å². The Morgan fingerprint density at radius 3 is 2.58 bits per heavy atom. The van der Waals surface area contributed by atoms with Crippen LogP contribution in [0.3, 0.4) is 0 Å². The zero-order valence-electron chi connectivity index (χ0n) is 11.3. The van der Waals surface area contributed by atoms with Gasteiger partial charge in [-0.05, 0) is 50.4 Å². The predicted molar refractivity (Wildman–Crippen MR) is 78.4 cm³/mol. The molecular formula is C15H21ClN2O. The van der Waals surface area contributed by atoms with Crippen LogP contribution in [0.5, 0.6) is 0 Å². The lowest BCUT2D eigenvalue weighted by atomic mass is 9.91. The van der Waals surface area contributed by atoms with Crippen molar-refractivity contribution >= 4 is 17.5 Å². The Hall–Kier alpha value is -1.06. The van der Waals surface area contributed by atoms with E-state index in [1.165, 1.54) is 0 Å². The first kappa shape index (κ1) is 14.4. The van der Waals surface area contributed by atoms with Crippen molar-refractivity contribution in [1.29, 1.82) is 0 Å². The number of nitrogens with one attached hydrogen (secondary N) is 2. The van der Waals surface area contributed by atoms with Crippen molar-refractivity contribution < 1.29 is 4.79 Å². The van der Waals surface area contributed by atoms with E-state index in [-0.39, 0.29) is 5.91 Å². The van der Waals surface area contributed by atoms with Crippen LogP contribution in [0.4, 0.5) is 0 Å². The number of carbonyl (C=O) groups is 1. The molecule has 1 aromatic rings. The van der Waals surface area contributed by atoms with E-state index in [2.05, 4.69) is 10.6 Å². The third kappa shape index (κ3) is 4.51. The summed E-state index contributed by atoms with van der Waals surface area (Å²) in [5.74, 6) is 0.0928. The first-order valence-electron chi connectivity index (χ1n) is 6.88. The molecule has 1 aromatic carbocycles. The SMILES string of the molecule is CNC1CCC(NC(=O)Cc2cccc(Cl)c2)CC1. The third-order valence-corrected chi connectivity index (χ3v) is 3.99. The molecule has 19 heavy (non-hydrogen) atoms.